The number of carbonyl (C=O) groups is 3. The number of hydrogen-bond acceptors (Lipinski definition) is 8. The lowest BCUT2D eigenvalue weighted by molar-refractivity contribution is -0.145. The molecule has 2 aliphatic rings. The zero-order chi connectivity index (χ0) is 32.1. The lowest BCUT2D eigenvalue weighted by atomic mass is 9.94. The predicted molar refractivity (Wildman–Crippen MR) is 174 cm³/mol. The minimum Gasteiger partial charge on any atom is -0.491 e. The molecule has 3 aromatic carbocycles. The summed E-state index contributed by atoms with van der Waals surface area (Å²) in [5.41, 5.74) is 3.10. The fraction of sp³-hybridized carbons (Fsp3) is 0.389. The molecule has 1 aliphatic heterocycles. The molecule has 0 saturated heterocycles. The Bertz CT molecular complexity index is 1490. The van der Waals surface area contributed by atoms with Crippen molar-refractivity contribution in [3.05, 3.63) is 95.6 Å². The molecule has 0 unspecified atom stereocenters. The van der Waals surface area contributed by atoms with Crippen LogP contribution in [0, 0.1) is 0 Å². The molecule has 2 amide bonds. The average molecular weight is 627 g/mol. The number of fused-ring (bicyclic) bond motifs is 1. The topological polar surface area (TPSA) is 110 Å². The van der Waals surface area contributed by atoms with Crippen LogP contribution in [0.5, 0.6) is 5.75 Å². The summed E-state index contributed by atoms with van der Waals surface area (Å²) in [6.45, 7) is 0.716. The fourth-order valence-electron chi connectivity index (χ4n) is 5.68. The van der Waals surface area contributed by atoms with Gasteiger partial charge in [0.25, 0.3) is 0 Å². The Morgan fingerprint density at radius 3 is 2.24 bits per heavy atom. The number of hydrogen-bond donors (Lipinski definition) is 1. The van der Waals surface area contributed by atoms with Gasteiger partial charge in [-0.15, -0.1) is 0 Å². The van der Waals surface area contributed by atoms with Gasteiger partial charge in [0.15, 0.2) is 0 Å². The summed E-state index contributed by atoms with van der Waals surface area (Å²) in [7, 11) is 1.91. The molecule has 10 heteroatoms. The number of guanidine groups is 1. The third-order valence-electron chi connectivity index (χ3n) is 8.26. The Kier molecular flexibility index (Phi) is 11.6. The first-order valence-electron chi connectivity index (χ1n) is 16.0. The molecule has 10 nitrogen and oxygen atoms in total. The molecule has 1 heterocycles. The van der Waals surface area contributed by atoms with Gasteiger partial charge in [-0.1, -0.05) is 92.1 Å². The van der Waals surface area contributed by atoms with E-state index < -0.39 is 12.1 Å². The molecule has 5 rings (SSSR count). The molecule has 46 heavy (non-hydrogen) atoms. The summed E-state index contributed by atoms with van der Waals surface area (Å²) in [4.78, 5) is 46.8. The van der Waals surface area contributed by atoms with Crippen molar-refractivity contribution in [1.29, 1.82) is 0 Å². The maximum atomic E-state index is 12.9. The van der Waals surface area contributed by atoms with Crippen LogP contribution in [-0.4, -0.2) is 60.0 Å². The SMILES string of the molecule is CN(C(=O)CCCOc1cccc2c1N=C(NC(=O)OCc1ccccc1)N(CC(=O)OCc1ccccc1)C2)C1CCCCC1. The lowest BCUT2D eigenvalue weighted by Crippen LogP contribution is -2.47. The number of amides is 2. The Hall–Kier alpha value is -4.86. The Morgan fingerprint density at radius 1 is 0.870 bits per heavy atom. The number of para-hydroxylation sites is 1. The quantitative estimate of drug-likeness (QED) is 0.191. The van der Waals surface area contributed by atoms with E-state index in [1.54, 1.807) is 4.90 Å². The van der Waals surface area contributed by atoms with Crippen molar-refractivity contribution >= 4 is 29.6 Å². The molecule has 0 aromatic heterocycles. The first kappa shape index (κ1) is 32.5. The summed E-state index contributed by atoms with van der Waals surface area (Å²) < 4.78 is 17.0. The highest BCUT2D eigenvalue weighted by Gasteiger charge is 2.27. The molecule has 3 aromatic rings. The summed E-state index contributed by atoms with van der Waals surface area (Å²) in [5, 5.41) is 2.71. The highest BCUT2D eigenvalue weighted by atomic mass is 16.5. The van der Waals surface area contributed by atoms with Crippen molar-refractivity contribution in [2.24, 2.45) is 4.99 Å². The number of alkyl carbamates (subject to hydrolysis) is 1. The molecule has 0 spiro atoms. The fourth-order valence-corrected chi connectivity index (χ4v) is 5.68. The van der Waals surface area contributed by atoms with Crippen LogP contribution in [0.3, 0.4) is 0 Å². The van der Waals surface area contributed by atoms with Crippen LogP contribution in [0.2, 0.25) is 0 Å². The van der Waals surface area contributed by atoms with Gasteiger partial charge < -0.3 is 24.0 Å². The van der Waals surface area contributed by atoms with Gasteiger partial charge in [-0.05, 0) is 36.5 Å². The standard InChI is InChI=1S/C36H42N4O6/c1-39(30-18-9-4-10-19-30)32(41)21-12-22-44-31-20-11-17-29-23-40(24-33(42)45-25-27-13-5-2-6-14-27)35(37-34(29)31)38-36(43)46-26-28-15-7-3-8-16-28/h2-3,5-8,11,13-17,20,30H,4,9-10,12,18-19,21-26H2,1H3,(H,37,38,43). The summed E-state index contributed by atoms with van der Waals surface area (Å²) in [6, 6.07) is 24.7. The number of aliphatic imine (C=N–C) groups is 1. The average Bonchev–Trinajstić information content (AvgIpc) is 3.09. The molecular formula is C36H42N4O6. The summed E-state index contributed by atoms with van der Waals surface area (Å²) >= 11 is 0. The Morgan fingerprint density at radius 2 is 1.54 bits per heavy atom. The van der Waals surface area contributed by atoms with E-state index in [2.05, 4.69) is 5.32 Å². The zero-order valence-corrected chi connectivity index (χ0v) is 26.4. The molecule has 1 aliphatic carbocycles. The first-order chi connectivity index (χ1) is 22.5. The van der Waals surface area contributed by atoms with Crippen molar-refractivity contribution in [2.45, 2.75) is 70.7 Å². The predicted octanol–water partition coefficient (Wildman–Crippen LogP) is 6.11. The highest BCUT2D eigenvalue weighted by molar-refractivity contribution is 5.98. The molecule has 242 valence electrons. The van der Waals surface area contributed by atoms with E-state index in [1.165, 1.54) is 19.3 Å². The largest absolute Gasteiger partial charge is 0.491 e. The van der Waals surface area contributed by atoms with Gasteiger partial charge in [-0.3, -0.25) is 14.9 Å². The van der Waals surface area contributed by atoms with E-state index in [9.17, 15) is 14.4 Å². The molecular weight excluding hydrogens is 584 g/mol. The van der Waals surface area contributed by atoms with E-state index in [0.717, 1.165) is 29.5 Å². The Balaban J connectivity index is 1.23. The molecule has 1 fully saturated rings. The number of ether oxygens (including phenoxy) is 3. The zero-order valence-electron chi connectivity index (χ0n) is 26.4. The minimum atomic E-state index is -0.701. The number of esters is 1. The van der Waals surface area contributed by atoms with Crippen LogP contribution in [0.4, 0.5) is 10.5 Å². The number of benzene rings is 3. The van der Waals surface area contributed by atoms with Crippen LogP contribution in [0.25, 0.3) is 0 Å². The summed E-state index contributed by atoms with van der Waals surface area (Å²) in [5.74, 6) is 0.366. The second-order valence-electron chi connectivity index (χ2n) is 11.6. The number of nitrogens with zero attached hydrogens (tertiary/aromatic N) is 3. The van der Waals surface area contributed by atoms with Gasteiger partial charge in [-0.2, -0.15) is 0 Å². The van der Waals surface area contributed by atoms with Gasteiger partial charge in [0, 0.05) is 31.6 Å². The smallest absolute Gasteiger partial charge is 0.414 e. The van der Waals surface area contributed by atoms with Crippen molar-refractivity contribution in [2.75, 3.05) is 20.2 Å². The van der Waals surface area contributed by atoms with E-state index >= 15 is 0 Å². The molecule has 1 N–H and O–H groups in total. The van der Waals surface area contributed by atoms with E-state index in [-0.39, 0.29) is 38.2 Å². The second kappa shape index (κ2) is 16.5. The van der Waals surface area contributed by atoms with Gasteiger partial charge in [0.05, 0.1) is 6.61 Å². The first-order valence-corrected chi connectivity index (χ1v) is 16.0. The third-order valence-corrected chi connectivity index (χ3v) is 8.26. The van der Waals surface area contributed by atoms with Gasteiger partial charge in [0.2, 0.25) is 11.9 Å². The second-order valence-corrected chi connectivity index (χ2v) is 11.6. The van der Waals surface area contributed by atoms with Crippen molar-refractivity contribution in [3.63, 3.8) is 0 Å². The van der Waals surface area contributed by atoms with E-state index in [0.29, 0.717) is 36.9 Å². The van der Waals surface area contributed by atoms with Crippen molar-refractivity contribution < 1.29 is 28.6 Å². The van der Waals surface area contributed by atoms with E-state index in [4.69, 9.17) is 19.2 Å². The number of carbonyl (C=O) groups excluding carboxylic acids is 3. The van der Waals surface area contributed by atoms with Crippen LogP contribution in [-0.2, 0) is 38.8 Å². The number of rotatable bonds is 12. The monoisotopic (exact) mass is 626 g/mol. The highest BCUT2D eigenvalue weighted by Crippen LogP contribution is 2.35. The van der Waals surface area contributed by atoms with Gasteiger partial charge in [0.1, 0.15) is 31.2 Å². The normalized spacial score (nSPS) is 14.5. The molecule has 0 radical (unpaired) electrons. The molecule has 0 atom stereocenters. The van der Waals surface area contributed by atoms with Crippen LogP contribution in [0.15, 0.2) is 83.9 Å². The summed E-state index contributed by atoms with van der Waals surface area (Å²) in [6.07, 6.45) is 6.03. The minimum absolute atomic E-state index is 0.0820. The van der Waals surface area contributed by atoms with Crippen molar-refractivity contribution in [3.8, 4) is 5.75 Å². The number of nitrogens with one attached hydrogen (secondary N) is 1. The van der Waals surface area contributed by atoms with Gasteiger partial charge in [-0.25, -0.2) is 9.79 Å². The maximum Gasteiger partial charge on any atom is 0.414 e. The Labute approximate surface area is 270 Å². The van der Waals surface area contributed by atoms with Crippen LogP contribution in [0.1, 0.15) is 61.6 Å². The van der Waals surface area contributed by atoms with Crippen molar-refractivity contribution in [1.82, 2.24) is 15.1 Å². The lowest BCUT2D eigenvalue weighted by Gasteiger charge is -2.31. The van der Waals surface area contributed by atoms with Crippen LogP contribution >= 0.6 is 0 Å². The van der Waals surface area contributed by atoms with Gasteiger partial charge >= 0.3 is 12.1 Å². The molecule has 1 saturated carbocycles. The maximum absolute atomic E-state index is 12.9. The third kappa shape index (κ3) is 9.32. The molecule has 0 bridgehead atoms. The van der Waals surface area contributed by atoms with Crippen LogP contribution < -0.4 is 10.1 Å². The van der Waals surface area contributed by atoms with E-state index in [1.807, 2.05) is 90.8 Å².